The van der Waals surface area contributed by atoms with E-state index < -0.39 is 5.63 Å². The van der Waals surface area contributed by atoms with Crippen molar-refractivity contribution < 1.29 is 13.9 Å². The van der Waals surface area contributed by atoms with Crippen LogP contribution in [-0.4, -0.2) is 6.79 Å². The Labute approximate surface area is 149 Å². The van der Waals surface area contributed by atoms with Gasteiger partial charge in [-0.3, -0.25) is 0 Å². The molecule has 2 heterocycles. The predicted octanol–water partition coefficient (Wildman–Crippen LogP) is 4.86. The highest BCUT2D eigenvalue weighted by Gasteiger charge is 2.22. The predicted molar refractivity (Wildman–Crippen MR) is 99.5 cm³/mol. The average molecular weight is 342 g/mol. The normalized spacial score (nSPS) is 12.5. The molecule has 0 atom stereocenters. The van der Waals surface area contributed by atoms with E-state index in [1.165, 1.54) is 0 Å². The molecular formula is C22H14O4. The van der Waals surface area contributed by atoms with Gasteiger partial charge >= 0.3 is 5.63 Å². The van der Waals surface area contributed by atoms with E-state index >= 15 is 0 Å². The number of rotatable bonds is 2. The first-order chi connectivity index (χ1) is 12.8. The molecule has 1 aliphatic rings. The van der Waals surface area contributed by atoms with Gasteiger partial charge in [-0.05, 0) is 17.7 Å². The largest absolute Gasteiger partial charge is 0.454 e. The molecule has 0 N–H and O–H groups in total. The summed E-state index contributed by atoms with van der Waals surface area (Å²) in [5.74, 6) is 1.75. The number of fused-ring (bicyclic) bond motifs is 2. The molecule has 0 spiro atoms. The SMILES string of the molecule is O=c1oc(-c2ccccc2)c(-c2ccccc2)c2cc3c(cc12)OCO3. The van der Waals surface area contributed by atoms with Gasteiger partial charge < -0.3 is 13.9 Å². The van der Waals surface area contributed by atoms with Crippen molar-refractivity contribution in [3.63, 3.8) is 0 Å². The maximum absolute atomic E-state index is 12.7. The van der Waals surface area contributed by atoms with E-state index in [1.54, 1.807) is 6.07 Å². The molecule has 0 radical (unpaired) electrons. The summed E-state index contributed by atoms with van der Waals surface area (Å²) in [5.41, 5.74) is 2.29. The standard InChI is InChI=1S/C22H14O4/c23-22-17-12-19-18(24-13-25-19)11-16(17)20(14-7-3-1-4-8-14)21(26-22)15-9-5-2-6-10-15/h1-12H,13H2. The smallest absolute Gasteiger partial charge is 0.344 e. The Bertz CT molecular complexity index is 1160. The Morgan fingerprint density at radius 2 is 1.27 bits per heavy atom. The van der Waals surface area contributed by atoms with Crippen LogP contribution in [-0.2, 0) is 0 Å². The van der Waals surface area contributed by atoms with E-state index in [9.17, 15) is 4.79 Å². The van der Waals surface area contributed by atoms with Gasteiger partial charge in [-0.1, -0.05) is 60.7 Å². The van der Waals surface area contributed by atoms with Gasteiger partial charge in [-0.25, -0.2) is 4.79 Å². The molecule has 4 nitrogen and oxygen atoms in total. The molecule has 0 saturated heterocycles. The van der Waals surface area contributed by atoms with Gasteiger partial charge in [-0.2, -0.15) is 0 Å². The average Bonchev–Trinajstić information content (AvgIpc) is 3.15. The Balaban J connectivity index is 1.93. The summed E-state index contributed by atoms with van der Waals surface area (Å²) in [6.07, 6.45) is 0. The first kappa shape index (κ1) is 14.8. The minimum atomic E-state index is -0.392. The lowest BCUT2D eigenvalue weighted by atomic mass is 9.95. The topological polar surface area (TPSA) is 48.7 Å². The third-order valence-electron chi connectivity index (χ3n) is 4.52. The third kappa shape index (κ3) is 2.27. The molecule has 4 aromatic rings. The highest BCUT2D eigenvalue weighted by Crippen LogP contribution is 2.42. The van der Waals surface area contributed by atoms with Crippen molar-refractivity contribution in [1.82, 2.24) is 0 Å². The van der Waals surface area contributed by atoms with Gasteiger partial charge in [-0.15, -0.1) is 0 Å². The number of hydrogen-bond acceptors (Lipinski definition) is 4. The molecule has 0 aliphatic carbocycles. The van der Waals surface area contributed by atoms with Crippen LogP contribution >= 0.6 is 0 Å². The van der Waals surface area contributed by atoms with E-state index in [2.05, 4.69) is 0 Å². The van der Waals surface area contributed by atoms with Crippen LogP contribution in [0.5, 0.6) is 11.5 Å². The maximum Gasteiger partial charge on any atom is 0.344 e. The van der Waals surface area contributed by atoms with E-state index in [0.717, 1.165) is 22.1 Å². The van der Waals surface area contributed by atoms with Crippen molar-refractivity contribution in [1.29, 1.82) is 0 Å². The molecule has 26 heavy (non-hydrogen) atoms. The van der Waals surface area contributed by atoms with E-state index in [1.807, 2.05) is 66.7 Å². The molecule has 5 rings (SSSR count). The van der Waals surface area contributed by atoms with Crippen LogP contribution in [0.4, 0.5) is 0 Å². The van der Waals surface area contributed by atoms with Crippen LogP contribution < -0.4 is 15.1 Å². The summed E-state index contributed by atoms with van der Waals surface area (Å²) in [7, 11) is 0. The van der Waals surface area contributed by atoms with Crippen LogP contribution in [0.15, 0.2) is 82.0 Å². The fourth-order valence-corrected chi connectivity index (χ4v) is 3.32. The van der Waals surface area contributed by atoms with Gasteiger partial charge in [0.25, 0.3) is 0 Å². The molecular weight excluding hydrogens is 328 g/mol. The van der Waals surface area contributed by atoms with Crippen LogP contribution in [0.3, 0.4) is 0 Å². The van der Waals surface area contributed by atoms with Gasteiger partial charge in [0.15, 0.2) is 11.5 Å². The summed E-state index contributed by atoms with van der Waals surface area (Å²) in [5, 5.41) is 1.27. The molecule has 0 amide bonds. The Hall–Kier alpha value is -3.53. The number of ether oxygens (including phenoxy) is 2. The van der Waals surface area contributed by atoms with Gasteiger partial charge in [0.1, 0.15) is 5.76 Å². The second-order valence-corrected chi connectivity index (χ2v) is 6.08. The van der Waals surface area contributed by atoms with Crippen molar-refractivity contribution in [2.45, 2.75) is 0 Å². The fourth-order valence-electron chi connectivity index (χ4n) is 3.32. The molecule has 3 aromatic carbocycles. The summed E-state index contributed by atoms with van der Waals surface area (Å²) in [6.45, 7) is 0.156. The van der Waals surface area contributed by atoms with E-state index in [4.69, 9.17) is 13.9 Å². The van der Waals surface area contributed by atoms with Crippen LogP contribution in [0.1, 0.15) is 0 Å². The third-order valence-corrected chi connectivity index (χ3v) is 4.52. The summed E-state index contributed by atoms with van der Waals surface area (Å²) in [4.78, 5) is 12.7. The molecule has 1 aliphatic heterocycles. The van der Waals surface area contributed by atoms with Crippen molar-refractivity contribution in [3.8, 4) is 33.9 Å². The maximum atomic E-state index is 12.7. The molecule has 0 saturated carbocycles. The van der Waals surface area contributed by atoms with Crippen molar-refractivity contribution in [2.24, 2.45) is 0 Å². The zero-order valence-corrected chi connectivity index (χ0v) is 13.8. The first-order valence-corrected chi connectivity index (χ1v) is 8.32. The molecule has 126 valence electrons. The summed E-state index contributed by atoms with van der Waals surface area (Å²) < 4.78 is 16.7. The fraction of sp³-hybridized carbons (Fsp3) is 0.0455. The highest BCUT2D eigenvalue weighted by molar-refractivity contribution is 6.02. The van der Waals surface area contributed by atoms with Crippen molar-refractivity contribution in [2.75, 3.05) is 6.79 Å². The van der Waals surface area contributed by atoms with Crippen molar-refractivity contribution >= 4 is 10.8 Å². The monoisotopic (exact) mass is 342 g/mol. The van der Waals surface area contributed by atoms with Crippen LogP contribution in [0, 0.1) is 0 Å². The summed E-state index contributed by atoms with van der Waals surface area (Å²) >= 11 is 0. The summed E-state index contributed by atoms with van der Waals surface area (Å²) in [6, 6.07) is 23.1. The highest BCUT2D eigenvalue weighted by atomic mass is 16.7. The lowest BCUT2D eigenvalue weighted by Crippen LogP contribution is -2.03. The molecule has 0 fully saturated rings. The second kappa shape index (κ2) is 5.77. The Morgan fingerprint density at radius 1 is 0.692 bits per heavy atom. The quantitative estimate of drug-likeness (QED) is 0.522. The zero-order valence-electron chi connectivity index (χ0n) is 13.8. The van der Waals surface area contributed by atoms with E-state index in [0.29, 0.717) is 22.6 Å². The van der Waals surface area contributed by atoms with Crippen molar-refractivity contribution in [3.05, 3.63) is 83.2 Å². The lowest BCUT2D eigenvalue weighted by Gasteiger charge is -2.12. The lowest BCUT2D eigenvalue weighted by molar-refractivity contribution is 0.174. The minimum absolute atomic E-state index is 0.156. The van der Waals surface area contributed by atoms with Gasteiger partial charge in [0.05, 0.1) is 5.39 Å². The number of hydrogen-bond donors (Lipinski definition) is 0. The number of benzene rings is 3. The Kier molecular flexibility index (Phi) is 3.28. The van der Waals surface area contributed by atoms with Gasteiger partial charge in [0.2, 0.25) is 6.79 Å². The Morgan fingerprint density at radius 3 is 1.92 bits per heavy atom. The van der Waals surface area contributed by atoms with E-state index in [-0.39, 0.29) is 6.79 Å². The molecule has 0 bridgehead atoms. The van der Waals surface area contributed by atoms with Gasteiger partial charge in [0, 0.05) is 16.5 Å². The molecule has 4 heteroatoms. The first-order valence-electron chi connectivity index (χ1n) is 8.32. The second-order valence-electron chi connectivity index (χ2n) is 6.08. The minimum Gasteiger partial charge on any atom is -0.454 e. The molecule has 1 aromatic heterocycles. The zero-order chi connectivity index (χ0) is 17.5. The van der Waals surface area contributed by atoms with Crippen LogP contribution in [0.2, 0.25) is 0 Å². The van der Waals surface area contributed by atoms with Crippen LogP contribution in [0.25, 0.3) is 33.2 Å². The molecule has 0 unspecified atom stereocenters.